The molecule has 0 aliphatic rings. The number of Topliss-reactive ketones (excluding diaryl/α,β-unsaturated/α-hetero) is 1. The highest BCUT2D eigenvalue weighted by molar-refractivity contribution is 5.95. The molecule has 2 rings (SSSR count). The van der Waals surface area contributed by atoms with Gasteiger partial charge in [0.15, 0.2) is 12.4 Å². The van der Waals surface area contributed by atoms with E-state index in [1.54, 1.807) is 67.4 Å². The van der Waals surface area contributed by atoms with E-state index in [4.69, 9.17) is 9.47 Å². The average Bonchev–Trinajstić information content (AvgIpc) is 2.55. The fourth-order valence-corrected chi connectivity index (χ4v) is 1.99. The number of pyridine rings is 1. The Bertz CT molecular complexity index is 671. The highest BCUT2D eigenvalue weighted by Gasteiger charge is 2.15. The molecule has 0 radical (unpaired) electrons. The van der Waals surface area contributed by atoms with Gasteiger partial charge < -0.3 is 26.5 Å². The Balaban J connectivity index is 0.00000264. The van der Waals surface area contributed by atoms with Crippen molar-refractivity contribution in [2.75, 3.05) is 13.7 Å². The number of hydrogen-bond donors (Lipinski definition) is 0. The summed E-state index contributed by atoms with van der Waals surface area (Å²) in [4.78, 5) is 23.9. The number of nitrogens with zero attached hydrogens (tertiary/aromatic N) is 1. The molecule has 5 nitrogen and oxygen atoms in total. The van der Waals surface area contributed by atoms with Crippen LogP contribution in [0.3, 0.4) is 0 Å². The maximum absolute atomic E-state index is 12.2. The van der Waals surface area contributed by atoms with Crippen molar-refractivity contribution in [2.45, 2.75) is 13.5 Å². The molecule has 0 bridgehead atoms. The molecule has 6 heteroatoms. The second-order valence-electron chi connectivity index (χ2n) is 4.64. The van der Waals surface area contributed by atoms with Gasteiger partial charge in [-0.25, -0.2) is 4.79 Å². The van der Waals surface area contributed by atoms with Gasteiger partial charge in [-0.15, -0.1) is 0 Å². The number of halogens is 1. The molecule has 0 aliphatic carbocycles. The second kappa shape index (κ2) is 9.05. The summed E-state index contributed by atoms with van der Waals surface area (Å²) in [5.41, 5.74) is 1.02. The second-order valence-corrected chi connectivity index (χ2v) is 4.64. The van der Waals surface area contributed by atoms with Gasteiger partial charge in [0.25, 0.3) is 0 Å². The van der Waals surface area contributed by atoms with Crippen LogP contribution in [0.25, 0.3) is 0 Å². The van der Waals surface area contributed by atoms with Crippen molar-refractivity contribution in [3.05, 3.63) is 59.9 Å². The van der Waals surface area contributed by atoms with Crippen molar-refractivity contribution in [3.8, 4) is 5.75 Å². The lowest BCUT2D eigenvalue weighted by Gasteiger charge is -2.03. The Labute approximate surface area is 145 Å². The third kappa shape index (κ3) is 5.17. The van der Waals surface area contributed by atoms with Crippen LogP contribution in [0.5, 0.6) is 5.75 Å². The quantitative estimate of drug-likeness (QED) is 0.368. The number of aromatic nitrogens is 1. The number of ether oxygens (including phenoxy) is 2. The van der Waals surface area contributed by atoms with Crippen molar-refractivity contribution in [1.29, 1.82) is 0 Å². The number of ketones is 1. The van der Waals surface area contributed by atoms with E-state index in [9.17, 15) is 9.59 Å². The van der Waals surface area contributed by atoms with Crippen LogP contribution in [0.1, 0.15) is 27.6 Å². The SMILES string of the molecule is CCOC(=O)c1ccc[n+](CC(=O)c2ccc(OC)cc2)c1.[Br-]. The molecule has 0 N–H and O–H groups in total. The van der Waals surface area contributed by atoms with Crippen molar-refractivity contribution >= 4 is 11.8 Å². The van der Waals surface area contributed by atoms with Crippen molar-refractivity contribution in [2.24, 2.45) is 0 Å². The number of rotatable bonds is 6. The molecule has 1 aromatic heterocycles. The van der Waals surface area contributed by atoms with Gasteiger partial charge in [-0.3, -0.25) is 4.79 Å². The van der Waals surface area contributed by atoms with Gasteiger partial charge >= 0.3 is 5.97 Å². The van der Waals surface area contributed by atoms with Crippen LogP contribution in [-0.2, 0) is 11.3 Å². The molecule has 23 heavy (non-hydrogen) atoms. The van der Waals surface area contributed by atoms with E-state index in [1.807, 2.05) is 0 Å². The molecular weight excluding hydrogens is 362 g/mol. The van der Waals surface area contributed by atoms with Gasteiger partial charge in [-0.05, 0) is 37.3 Å². The lowest BCUT2D eigenvalue weighted by Crippen LogP contribution is -3.00. The molecule has 1 aromatic carbocycles. The first-order valence-corrected chi connectivity index (χ1v) is 6.97. The number of carbonyl (C=O) groups is 2. The molecular formula is C17H18BrNO4. The van der Waals surface area contributed by atoms with E-state index in [-0.39, 0.29) is 29.3 Å². The Kier molecular flexibility index (Phi) is 7.41. The maximum atomic E-state index is 12.2. The topological polar surface area (TPSA) is 56.5 Å². The summed E-state index contributed by atoms with van der Waals surface area (Å²) >= 11 is 0. The summed E-state index contributed by atoms with van der Waals surface area (Å²) in [6.07, 6.45) is 3.35. The summed E-state index contributed by atoms with van der Waals surface area (Å²) in [6.45, 7) is 2.22. The van der Waals surface area contributed by atoms with Crippen molar-refractivity contribution < 1.29 is 40.6 Å². The molecule has 0 amide bonds. The Hall–Kier alpha value is -2.21. The highest BCUT2D eigenvalue weighted by atomic mass is 79.9. The van der Waals surface area contributed by atoms with E-state index in [2.05, 4.69) is 0 Å². The predicted octanol–water partition coefficient (Wildman–Crippen LogP) is -0.954. The predicted molar refractivity (Wildman–Crippen MR) is 79.9 cm³/mol. The van der Waals surface area contributed by atoms with Gasteiger partial charge in [0.05, 0.1) is 13.7 Å². The third-order valence-electron chi connectivity index (χ3n) is 3.11. The Morgan fingerprint density at radius 1 is 1.09 bits per heavy atom. The van der Waals surface area contributed by atoms with Gasteiger partial charge in [-0.2, -0.15) is 4.57 Å². The summed E-state index contributed by atoms with van der Waals surface area (Å²) in [7, 11) is 1.58. The molecule has 0 saturated carbocycles. The first-order chi connectivity index (χ1) is 10.6. The number of benzene rings is 1. The molecule has 0 aliphatic heterocycles. The maximum Gasteiger partial charge on any atom is 0.344 e. The Morgan fingerprint density at radius 3 is 2.39 bits per heavy atom. The fraction of sp³-hybridized carbons (Fsp3) is 0.235. The van der Waals surface area contributed by atoms with Gasteiger partial charge in [0.1, 0.15) is 11.3 Å². The Morgan fingerprint density at radius 2 is 1.78 bits per heavy atom. The average molecular weight is 380 g/mol. The molecule has 2 aromatic rings. The van der Waals surface area contributed by atoms with Gasteiger partial charge in [0, 0.05) is 11.6 Å². The smallest absolute Gasteiger partial charge is 0.344 e. The monoisotopic (exact) mass is 379 g/mol. The molecule has 122 valence electrons. The zero-order valence-electron chi connectivity index (χ0n) is 13.0. The van der Waals surface area contributed by atoms with Crippen LogP contribution in [0.2, 0.25) is 0 Å². The van der Waals surface area contributed by atoms with Crippen molar-refractivity contribution in [3.63, 3.8) is 0 Å². The van der Waals surface area contributed by atoms with Crippen LogP contribution in [0.15, 0.2) is 48.8 Å². The van der Waals surface area contributed by atoms with E-state index < -0.39 is 5.97 Å². The van der Waals surface area contributed by atoms with Crippen molar-refractivity contribution in [1.82, 2.24) is 0 Å². The van der Waals surface area contributed by atoms with Crippen LogP contribution in [0.4, 0.5) is 0 Å². The van der Waals surface area contributed by atoms with E-state index in [0.717, 1.165) is 0 Å². The zero-order valence-corrected chi connectivity index (χ0v) is 14.6. The summed E-state index contributed by atoms with van der Waals surface area (Å²) < 4.78 is 11.7. The van der Waals surface area contributed by atoms with Crippen LogP contribution < -0.4 is 26.3 Å². The summed E-state index contributed by atoms with van der Waals surface area (Å²) in [5, 5.41) is 0. The number of methoxy groups -OCH3 is 1. The standard InChI is InChI=1S/C17H18NO4.BrH/c1-3-22-17(20)14-5-4-10-18(11-14)12-16(19)13-6-8-15(21-2)9-7-13;/h4-11H,3,12H2,1-2H3;1H/q+1;/p-1. The third-order valence-corrected chi connectivity index (χ3v) is 3.11. The molecule has 0 fully saturated rings. The van der Waals surface area contributed by atoms with Crippen LogP contribution in [-0.4, -0.2) is 25.5 Å². The number of esters is 1. The first kappa shape index (κ1) is 18.8. The van der Waals surface area contributed by atoms with Crippen LogP contribution in [0, 0.1) is 0 Å². The molecule has 0 saturated heterocycles. The number of carbonyl (C=O) groups excluding carboxylic acids is 2. The van der Waals surface area contributed by atoms with Crippen LogP contribution >= 0.6 is 0 Å². The minimum Gasteiger partial charge on any atom is -1.00 e. The lowest BCUT2D eigenvalue weighted by atomic mass is 10.1. The molecule has 0 atom stereocenters. The largest absolute Gasteiger partial charge is 1.00 e. The van der Waals surface area contributed by atoms with Gasteiger partial charge in [0.2, 0.25) is 12.3 Å². The van der Waals surface area contributed by atoms with E-state index in [1.165, 1.54) is 0 Å². The minimum atomic E-state index is -0.395. The molecule has 0 unspecified atom stereocenters. The molecule has 1 heterocycles. The zero-order chi connectivity index (χ0) is 15.9. The van der Waals surface area contributed by atoms with E-state index >= 15 is 0 Å². The lowest BCUT2D eigenvalue weighted by molar-refractivity contribution is -0.683. The normalized spacial score (nSPS) is 9.65. The fourth-order valence-electron chi connectivity index (χ4n) is 1.99. The first-order valence-electron chi connectivity index (χ1n) is 6.97. The summed E-state index contributed by atoms with van der Waals surface area (Å²) in [6, 6.07) is 10.3. The van der Waals surface area contributed by atoms with E-state index in [0.29, 0.717) is 23.5 Å². The highest BCUT2D eigenvalue weighted by Crippen LogP contribution is 2.11. The van der Waals surface area contributed by atoms with Gasteiger partial charge in [-0.1, -0.05) is 0 Å². The summed E-state index contributed by atoms with van der Waals surface area (Å²) in [5.74, 6) is 0.260. The number of hydrogen-bond acceptors (Lipinski definition) is 4. The molecule has 0 spiro atoms. The minimum absolute atomic E-state index is 0.